The van der Waals surface area contributed by atoms with Crippen LogP contribution < -0.4 is 14.8 Å². The molecule has 3 rings (SSSR count). The molecule has 0 fully saturated rings. The van der Waals surface area contributed by atoms with Gasteiger partial charge in [0.25, 0.3) is 0 Å². The molecule has 2 aromatic carbocycles. The molecule has 0 amide bonds. The Bertz CT molecular complexity index is 759. The third-order valence-electron chi connectivity index (χ3n) is 3.28. The summed E-state index contributed by atoms with van der Waals surface area (Å²) in [7, 11) is -3.54. The molecule has 2 N–H and O–H groups in total. The molecule has 0 spiro atoms. The van der Waals surface area contributed by atoms with Crippen LogP contribution in [-0.4, -0.2) is 15.0 Å². The van der Waals surface area contributed by atoms with Gasteiger partial charge in [0.15, 0.2) is 0 Å². The standard InChI is InChI=1S/C15H16N2O3S/c1-2-20-13-9-5-3-7-11(13)15-16-12-8-4-6-10-14(12)21(18,19)17-15/h3-10,15-17H,2H2,1H3/t15-/m0/s1. The van der Waals surface area contributed by atoms with Crippen molar-refractivity contribution in [3.63, 3.8) is 0 Å². The molecule has 0 saturated heterocycles. The van der Waals surface area contributed by atoms with Crippen molar-refractivity contribution < 1.29 is 13.2 Å². The zero-order valence-corrected chi connectivity index (χ0v) is 12.4. The molecular weight excluding hydrogens is 288 g/mol. The summed E-state index contributed by atoms with van der Waals surface area (Å²) in [4.78, 5) is 0.259. The molecule has 6 heteroatoms. The van der Waals surface area contributed by atoms with E-state index < -0.39 is 16.2 Å². The zero-order valence-electron chi connectivity index (χ0n) is 11.5. The molecular formula is C15H16N2O3S. The van der Waals surface area contributed by atoms with E-state index in [2.05, 4.69) is 10.0 Å². The molecule has 0 radical (unpaired) electrons. The van der Waals surface area contributed by atoms with E-state index in [9.17, 15) is 8.42 Å². The lowest BCUT2D eigenvalue weighted by molar-refractivity contribution is 0.334. The van der Waals surface area contributed by atoms with Crippen LogP contribution in [0.5, 0.6) is 5.75 Å². The maximum Gasteiger partial charge on any atom is 0.244 e. The van der Waals surface area contributed by atoms with Crippen LogP contribution in [0.25, 0.3) is 0 Å². The fourth-order valence-electron chi connectivity index (χ4n) is 2.37. The average Bonchev–Trinajstić information content (AvgIpc) is 2.47. The van der Waals surface area contributed by atoms with E-state index in [-0.39, 0.29) is 4.90 Å². The van der Waals surface area contributed by atoms with E-state index in [0.29, 0.717) is 18.0 Å². The summed E-state index contributed by atoms with van der Waals surface area (Å²) in [5.41, 5.74) is 1.35. The Morgan fingerprint density at radius 2 is 1.81 bits per heavy atom. The summed E-state index contributed by atoms with van der Waals surface area (Å²) >= 11 is 0. The first-order chi connectivity index (χ1) is 10.1. The summed E-state index contributed by atoms with van der Waals surface area (Å²) in [5, 5.41) is 3.20. The Kier molecular flexibility index (Phi) is 3.57. The van der Waals surface area contributed by atoms with E-state index in [0.717, 1.165) is 5.56 Å². The molecule has 1 aliphatic heterocycles. The quantitative estimate of drug-likeness (QED) is 0.914. The van der Waals surface area contributed by atoms with Crippen LogP contribution >= 0.6 is 0 Å². The van der Waals surface area contributed by atoms with Crippen molar-refractivity contribution in [2.45, 2.75) is 18.0 Å². The third kappa shape index (κ3) is 2.59. The summed E-state index contributed by atoms with van der Waals surface area (Å²) < 4.78 is 32.9. The van der Waals surface area contributed by atoms with Gasteiger partial charge in [-0.1, -0.05) is 30.3 Å². The van der Waals surface area contributed by atoms with Crippen LogP contribution in [0.1, 0.15) is 18.7 Å². The Morgan fingerprint density at radius 1 is 1.10 bits per heavy atom. The van der Waals surface area contributed by atoms with E-state index in [1.165, 1.54) is 0 Å². The topological polar surface area (TPSA) is 67.4 Å². The minimum atomic E-state index is -3.54. The lowest BCUT2D eigenvalue weighted by atomic mass is 10.1. The van der Waals surface area contributed by atoms with Gasteiger partial charge in [-0.2, -0.15) is 4.72 Å². The fraction of sp³-hybridized carbons (Fsp3) is 0.200. The van der Waals surface area contributed by atoms with E-state index in [1.54, 1.807) is 24.3 Å². The normalized spacial score (nSPS) is 19.4. The van der Waals surface area contributed by atoms with Crippen molar-refractivity contribution in [3.05, 3.63) is 54.1 Å². The van der Waals surface area contributed by atoms with Gasteiger partial charge in [0.1, 0.15) is 16.8 Å². The van der Waals surface area contributed by atoms with Crippen LogP contribution in [0.2, 0.25) is 0 Å². The van der Waals surface area contributed by atoms with Gasteiger partial charge in [-0.3, -0.25) is 0 Å². The predicted octanol–water partition coefficient (Wildman–Crippen LogP) is 2.49. The highest BCUT2D eigenvalue weighted by Crippen LogP contribution is 2.34. The third-order valence-corrected chi connectivity index (χ3v) is 4.76. The smallest absolute Gasteiger partial charge is 0.244 e. The van der Waals surface area contributed by atoms with E-state index in [4.69, 9.17) is 4.74 Å². The van der Waals surface area contributed by atoms with Gasteiger partial charge in [-0.25, -0.2) is 8.42 Å². The van der Waals surface area contributed by atoms with Crippen molar-refractivity contribution in [3.8, 4) is 5.75 Å². The predicted molar refractivity (Wildman–Crippen MR) is 80.7 cm³/mol. The van der Waals surface area contributed by atoms with Crippen molar-refractivity contribution in [1.82, 2.24) is 4.72 Å². The summed E-state index contributed by atoms with van der Waals surface area (Å²) in [5.74, 6) is 0.666. The first-order valence-corrected chi connectivity index (χ1v) is 8.20. The summed E-state index contributed by atoms with van der Waals surface area (Å²) in [6, 6.07) is 14.2. The van der Waals surface area contributed by atoms with Gasteiger partial charge in [0.2, 0.25) is 10.0 Å². The van der Waals surface area contributed by atoms with Gasteiger partial charge in [0, 0.05) is 5.56 Å². The van der Waals surface area contributed by atoms with Crippen molar-refractivity contribution >= 4 is 15.7 Å². The molecule has 5 nitrogen and oxygen atoms in total. The van der Waals surface area contributed by atoms with Crippen molar-refractivity contribution in [1.29, 1.82) is 0 Å². The van der Waals surface area contributed by atoms with Gasteiger partial charge < -0.3 is 10.1 Å². The SMILES string of the molecule is CCOc1ccccc1[C@H]1Nc2ccccc2S(=O)(=O)N1. The number of hydrogen-bond acceptors (Lipinski definition) is 4. The maximum absolute atomic E-state index is 12.3. The Hall–Kier alpha value is -2.05. The highest BCUT2D eigenvalue weighted by Gasteiger charge is 2.30. The second kappa shape index (κ2) is 5.38. The molecule has 0 aromatic heterocycles. The molecule has 0 aliphatic carbocycles. The van der Waals surface area contributed by atoms with Gasteiger partial charge in [0.05, 0.1) is 12.3 Å². The molecule has 0 unspecified atom stereocenters. The first-order valence-electron chi connectivity index (χ1n) is 6.71. The highest BCUT2D eigenvalue weighted by molar-refractivity contribution is 7.89. The lowest BCUT2D eigenvalue weighted by Crippen LogP contribution is -2.38. The number of nitrogens with one attached hydrogen (secondary N) is 2. The molecule has 110 valence electrons. The molecule has 1 aliphatic rings. The number of rotatable bonds is 3. The first kappa shape index (κ1) is 13.9. The summed E-state index contributed by atoms with van der Waals surface area (Å²) in [6.45, 7) is 2.41. The van der Waals surface area contributed by atoms with E-state index in [1.807, 2.05) is 31.2 Å². The molecule has 0 saturated carbocycles. The Balaban J connectivity index is 2.04. The maximum atomic E-state index is 12.3. The van der Waals surface area contributed by atoms with Crippen molar-refractivity contribution in [2.24, 2.45) is 0 Å². The number of para-hydroxylation sites is 2. The van der Waals surface area contributed by atoms with Crippen LogP contribution in [0.15, 0.2) is 53.4 Å². The van der Waals surface area contributed by atoms with Crippen LogP contribution in [0.4, 0.5) is 5.69 Å². The molecule has 2 aromatic rings. The highest BCUT2D eigenvalue weighted by atomic mass is 32.2. The summed E-state index contributed by atoms with van der Waals surface area (Å²) in [6.07, 6.45) is -0.548. The Labute approximate surface area is 124 Å². The monoisotopic (exact) mass is 304 g/mol. The minimum absolute atomic E-state index is 0.259. The second-order valence-corrected chi connectivity index (χ2v) is 6.35. The minimum Gasteiger partial charge on any atom is -0.493 e. The second-order valence-electron chi connectivity index (χ2n) is 4.67. The van der Waals surface area contributed by atoms with Crippen molar-refractivity contribution in [2.75, 3.05) is 11.9 Å². The number of benzene rings is 2. The van der Waals surface area contributed by atoms with Crippen LogP contribution in [0, 0.1) is 0 Å². The Morgan fingerprint density at radius 3 is 2.62 bits per heavy atom. The van der Waals surface area contributed by atoms with Gasteiger partial charge >= 0.3 is 0 Å². The van der Waals surface area contributed by atoms with Crippen LogP contribution in [0.3, 0.4) is 0 Å². The lowest BCUT2D eigenvalue weighted by Gasteiger charge is -2.29. The van der Waals surface area contributed by atoms with Gasteiger partial charge in [-0.05, 0) is 25.1 Å². The number of anilines is 1. The largest absolute Gasteiger partial charge is 0.493 e. The fourth-order valence-corrected chi connectivity index (χ4v) is 3.67. The number of hydrogen-bond donors (Lipinski definition) is 2. The number of fused-ring (bicyclic) bond motifs is 1. The molecule has 1 heterocycles. The zero-order chi connectivity index (χ0) is 14.9. The average molecular weight is 304 g/mol. The molecule has 21 heavy (non-hydrogen) atoms. The number of ether oxygens (including phenoxy) is 1. The number of sulfonamides is 1. The van der Waals surface area contributed by atoms with Crippen LogP contribution in [-0.2, 0) is 10.0 Å². The van der Waals surface area contributed by atoms with Gasteiger partial charge in [-0.15, -0.1) is 0 Å². The van der Waals surface area contributed by atoms with E-state index >= 15 is 0 Å². The molecule has 1 atom stereocenters. The molecule has 0 bridgehead atoms.